The van der Waals surface area contributed by atoms with Crippen LogP contribution in [0.1, 0.15) is 30.0 Å². The number of aliphatic hydroxyl groups excluding tert-OH is 1. The summed E-state index contributed by atoms with van der Waals surface area (Å²) in [5.74, 6) is 0.456. The Hall–Kier alpha value is -2.40. The van der Waals surface area contributed by atoms with Crippen molar-refractivity contribution in [3.63, 3.8) is 0 Å². The number of likely N-dealkylation sites (tertiary alicyclic amines) is 1. The van der Waals surface area contributed by atoms with Crippen LogP contribution in [-0.2, 0) is 11.2 Å². The number of ether oxygens (including phenoxy) is 1. The van der Waals surface area contributed by atoms with Crippen molar-refractivity contribution in [3.8, 4) is 5.75 Å². The van der Waals surface area contributed by atoms with Crippen LogP contribution in [0.25, 0.3) is 0 Å². The molecule has 132 valence electrons. The van der Waals surface area contributed by atoms with Gasteiger partial charge in [0.25, 0.3) is 0 Å². The van der Waals surface area contributed by atoms with Gasteiger partial charge in [-0.1, -0.05) is 24.3 Å². The predicted octanol–water partition coefficient (Wildman–Crippen LogP) is 3.10. The van der Waals surface area contributed by atoms with Gasteiger partial charge < -0.3 is 14.7 Å². The first kappa shape index (κ1) is 17.4. The van der Waals surface area contributed by atoms with Crippen molar-refractivity contribution in [2.45, 2.75) is 31.4 Å². The third kappa shape index (κ3) is 4.17. The quantitative estimate of drug-likeness (QED) is 0.908. The number of carbonyl (C=O) groups is 1. The average molecular weight is 343 g/mol. The van der Waals surface area contributed by atoms with Crippen LogP contribution in [0.5, 0.6) is 5.75 Å². The third-order valence-electron chi connectivity index (χ3n) is 4.62. The maximum atomic E-state index is 13.1. The predicted molar refractivity (Wildman–Crippen MR) is 92.8 cm³/mol. The Balaban J connectivity index is 1.67. The summed E-state index contributed by atoms with van der Waals surface area (Å²) < 4.78 is 18.3. The van der Waals surface area contributed by atoms with Crippen LogP contribution in [0, 0.1) is 5.82 Å². The van der Waals surface area contributed by atoms with Gasteiger partial charge in [-0.2, -0.15) is 0 Å². The lowest BCUT2D eigenvalue weighted by Gasteiger charge is -2.25. The second-order valence-corrected chi connectivity index (χ2v) is 6.35. The van der Waals surface area contributed by atoms with Crippen molar-refractivity contribution in [2.75, 3.05) is 13.7 Å². The number of nitrogens with zero attached hydrogens (tertiary/aromatic N) is 1. The van der Waals surface area contributed by atoms with E-state index < -0.39 is 6.10 Å². The third-order valence-corrected chi connectivity index (χ3v) is 4.62. The number of hydrogen-bond acceptors (Lipinski definition) is 3. The number of β-amino-alcohol motifs (C(OH)–C–C–N with tert-alkyl or cyclic N) is 1. The Morgan fingerprint density at radius 3 is 2.76 bits per heavy atom. The van der Waals surface area contributed by atoms with E-state index in [0.717, 1.165) is 16.9 Å². The number of carbonyl (C=O) groups excluding carboxylic acids is 1. The minimum absolute atomic E-state index is 0.00584. The molecular formula is C20H22FNO3. The molecule has 1 amide bonds. The summed E-state index contributed by atoms with van der Waals surface area (Å²) in [5.41, 5.74) is 1.89. The van der Waals surface area contributed by atoms with Crippen molar-refractivity contribution in [1.82, 2.24) is 4.90 Å². The lowest BCUT2D eigenvalue weighted by atomic mass is 10.0. The summed E-state index contributed by atoms with van der Waals surface area (Å²) in [6.45, 7) is 0.318. The molecule has 0 unspecified atom stereocenters. The zero-order valence-corrected chi connectivity index (χ0v) is 14.2. The molecule has 1 fully saturated rings. The maximum Gasteiger partial charge on any atom is 0.223 e. The van der Waals surface area contributed by atoms with E-state index in [-0.39, 0.29) is 17.8 Å². The van der Waals surface area contributed by atoms with Crippen molar-refractivity contribution in [3.05, 3.63) is 65.5 Å². The zero-order chi connectivity index (χ0) is 17.8. The Kier molecular flexibility index (Phi) is 5.34. The number of halogens is 1. The van der Waals surface area contributed by atoms with Gasteiger partial charge in [0, 0.05) is 13.0 Å². The van der Waals surface area contributed by atoms with Gasteiger partial charge in [0.1, 0.15) is 11.6 Å². The molecule has 1 aliphatic heterocycles. The average Bonchev–Trinajstić information content (AvgIpc) is 3.02. The van der Waals surface area contributed by atoms with E-state index in [1.165, 1.54) is 12.1 Å². The van der Waals surface area contributed by atoms with Crippen LogP contribution >= 0.6 is 0 Å². The van der Waals surface area contributed by atoms with E-state index in [9.17, 15) is 14.3 Å². The molecule has 3 rings (SSSR count). The van der Waals surface area contributed by atoms with Crippen molar-refractivity contribution in [2.24, 2.45) is 0 Å². The highest BCUT2D eigenvalue weighted by Gasteiger charge is 2.34. The van der Waals surface area contributed by atoms with E-state index in [0.29, 0.717) is 25.8 Å². The standard InChI is InChI=1S/C20H22FNO3/c1-25-18-4-2-3-14(11-18)5-10-20(24)22-13-17(23)12-19(22)15-6-8-16(21)9-7-15/h2-4,6-9,11,17,19,23H,5,10,12-13H2,1H3/t17-,19+/m1/s1. The molecule has 1 aliphatic rings. The minimum atomic E-state index is -0.546. The molecule has 5 heteroatoms. The van der Waals surface area contributed by atoms with Crippen LogP contribution < -0.4 is 4.74 Å². The minimum Gasteiger partial charge on any atom is -0.497 e. The molecule has 0 spiro atoms. The van der Waals surface area contributed by atoms with Gasteiger partial charge in [-0.15, -0.1) is 0 Å². The van der Waals surface area contributed by atoms with Crippen molar-refractivity contribution < 1.29 is 19.0 Å². The van der Waals surface area contributed by atoms with Gasteiger partial charge in [0.2, 0.25) is 5.91 Å². The molecule has 2 aromatic rings. The number of benzene rings is 2. The van der Waals surface area contributed by atoms with Crippen LogP contribution in [0.3, 0.4) is 0 Å². The lowest BCUT2D eigenvalue weighted by Crippen LogP contribution is -2.31. The van der Waals surface area contributed by atoms with E-state index >= 15 is 0 Å². The van der Waals surface area contributed by atoms with E-state index in [1.807, 2.05) is 24.3 Å². The maximum absolute atomic E-state index is 13.1. The topological polar surface area (TPSA) is 49.8 Å². The van der Waals surface area contributed by atoms with Crippen molar-refractivity contribution in [1.29, 1.82) is 0 Å². The molecule has 0 bridgehead atoms. The second kappa shape index (κ2) is 7.66. The Bertz CT molecular complexity index is 732. The molecule has 2 aromatic carbocycles. The fraction of sp³-hybridized carbons (Fsp3) is 0.350. The number of amides is 1. The molecule has 25 heavy (non-hydrogen) atoms. The van der Waals surface area contributed by atoms with Gasteiger partial charge >= 0.3 is 0 Å². The van der Waals surface area contributed by atoms with Crippen LogP contribution in [0.2, 0.25) is 0 Å². The van der Waals surface area contributed by atoms with Gasteiger partial charge in [-0.05, 0) is 48.2 Å². The van der Waals surface area contributed by atoms with Gasteiger partial charge in [-0.3, -0.25) is 4.79 Å². The molecule has 0 radical (unpaired) electrons. The molecule has 1 N–H and O–H groups in total. The highest BCUT2D eigenvalue weighted by Crippen LogP contribution is 2.33. The van der Waals surface area contributed by atoms with Crippen LogP contribution in [0.4, 0.5) is 4.39 Å². The first-order valence-electron chi connectivity index (χ1n) is 8.42. The van der Waals surface area contributed by atoms with E-state index in [4.69, 9.17) is 4.74 Å². The number of hydrogen-bond donors (Lipinski definition) is 1. The van der Waals surface area contributed by atoms with Gasteiger partial charge in [0.05, 0.1) is 19.3 Å². The molecule has 2 atom stereocenters. The Morgan fingerprint density at radius 1 is 1.28 bits per heavy atom. The highest BCUT2D eigenvalue weighted by atomic mass is 19.1. The summed E-state index contributed by atoms with van der Waals surface area (Å²) in [5, 5.41) is 10.0. The summed E-state index contributed by atoms with van der Waals surface area (Å²) in [7, 11) is 1.61. The summed E-state index contributed by atoms with van der Waals surface area (Å²) in [6, 6.07) is 13.6. The fourth-order valence-corrected chi connectivity index (χ4v) is 3.31. The fourth-order valence-electron chi connectivity index (χ4n) is 3.31. The number of rotatable bonds is 5. The number of aliphatic hydroxyl groups is 1. The van der Waals surface area contributed by atoms with Gasteiger partial charge in [-0.25, -0.2) is 4.39 Å². The first-order chi connectivity index (χ1) is 12.1. The smallest absolute Gasteiger partial charge is 0.223 e. The highest BCUT2D eigenvalue weighted by molar-refractivity contribution is 5.77. The molecule has 0 aliphatic carbocycles. The van der Waals surface area contributed by atoms with E-state index in [1.54, 1.807) is 24.1 Å². The second-order valence-electron chi connectivity index (χ2n) is 6.35. The van der Waals surface area contributed by atoms with Crippen LogP contribution in [-0.4, -0.2) is 35.7 Å². The summed E-state index contributed by atoms with van der Waals surface area (Å²) in [4.78, 5) is 14.4. The molecular weight excluding hydrogens is 321 g/mol. The lowest BCUT2D eigenvalue weighted by molar-refractivity contribution is -0.132. The molecule has 1 heterocycles. The van der Waals surface area contributed by atoms with Crippen LogP contribution in [0.15, 0.2) is 48.5 Å². The monoisotopic (exact) mass is 343 g/mol. The zero-order valence-electron chi connectivity index (χ0n) is 14.2. The first-order valence-corrected chi connectivity index (χ1v) is 8.42. The summed E-state index contributed by atoms with van der Waals surface area (Å²) >= 11 is 0. The molecule has 0 saturated carbocycles. The Labute approximate surface area is 146 Å². The number of methoxy groups -OCH3 is 1. The van der Waals surface area contributed by atoms with E-state index in [2.05, 4.69) is 0 Å². The molecule has 4 nitrogen and oxygen atoms in total. The molecule has 1 saturated heterocycles. The number of aryl methyl sites for hydroxylation is 1. The van der Waals surface area contributed by atoms with Gasteiger partial charge in [0.15, 0.2) is 0 Å². The normalized spacial score (nSPS) is 19.9. The Morgan fingerprint density at radius 2 is 2.04 bits per heavy atom. The van der Waals surface area contributed by atoms with Crippen molar-refractivity contribution >= 4 is 5.91 Å². The largest absolute Gasteiger partial charge is 0.497 e. The molecule has 0 aromatic heterocycles. The summed E-state index contributed by atoms with van der Waals surface area (Å²) in [6.07, 6.45) is 0.906. The SMILES string of the molecule is COc1cccc(CCC(=O)N2C[C@H](O)C[C@H]2c2ccc(F)cc2)c1.